The maximum Gasteiger partial charge on any atom is 0.254 e. The van der Waals surface area contributed by atoms with E-state index < -0.39 is 11.7 Å². The van der Waals surface area contributed by atoms with Crippen LogP contribution in [0, 0.1) is 18.7 Å². The van der Waals surface area contributed by atoms with Crippen LogP contribution in [0.3, 0.4) is 0 Å². The van der Waals surface area contributed by atoms with Crippen LogP contribution in [0.2, 0.25) is 0 Å². The fourth-order valence-corrected chi connectivity index (χ4v) is 4.32. The molecule has 0 saturated carbocycles. The summed E-state index contributed by atoms with van der Waals surface area (Å²) < 4.78 is 14.1. The van der Waals surface area contributed by atoms with Crippen molar-refractivity contribution < 1.29 is 18.8 Å². The van der Waals surface area contributed by atoms with Gasteiger partial charge in [-0.15, -0.1) is 0 Å². The topological polar surface area (TPSA) is 69.7 Å². The Labute approximate surface area is 171 Å². The van der Waals surface area contributed by atoms with E-state index in [1.807, 2.05) is 11.8 Å². The fourth-order valence-electron chi connectivity index (χ4n) is 4.32. The summed E-state index contributed by atoms with van der Waals surface area (Å²) in [7, 11) is 0. The van der Waals surface area contributed by atoms with Crippen LogP contribution in [0.4, 0.5) is 4.39 Å². The number of likely N-dealkylation sites (tertiary alicyclic amines) is 2. The highest BCUT2D eigenvalue weighted by atomic mass is 19.1. The molecule has 0 bridgehead atoms. The van der Waals surface area contributed by atoms with Crippen molar-refractivity contribution in [1.82, 2.24) is 15.1 Å². The highest BCUT2D eigenvalue weighted by Crippen LogP contribution is 2.22. The highest BCUT2D eigenvalue weighted by Gasteiger charge is 2.33. The third-order valence-corrected chi connectivity index (χ3v) is 6.00. The smallest absolute Gasteiger partial charge is 0.254 e. The predicted molar refractivity (Wildman–Crippen MR) is 108 cm³/mol. The molecule has 0 radical (unpaired) electrons. The molecular weight excluding hydrogens is 373 g/mol. The van der Waals surface area contributed by atoms with Gasteiger partial charge in [-0.05, 0) is 51.2 Å². The number of halogens is 1. The maximum atomic E-state index is 14.1. The molecule has 0 spiro atoms. The minimum Gasteiger partial charge on any atom is -0.347 e. The first-order valence-corrected chi connectivity index (χ1v) is 10.5. The Morgan fingerprint density at radius 3 is 2.72 bits per heavy atom. The molecule has 29 heavy (non-hydrogen) atoms. The second-order valence-corrected chi connectivity index (χ2v) is 8.05. The van der Waals surface area contributed by atoms with Gasteiger partial charge in [0.1, 0.15) is 5.82 Å². The number of aryl methyl sites for hydroxylation is 1. The quantitative estimate of drug-likeness (QED) is 0.840. The van der Waals surface area contributed by atoms with E-state index in [0.717, 1.165) is 19.3 Å². The lowest BCUT2D eigenvalue weighted by Crippen LogP contribution is -2.50. The van der Waals surface area contributed by atoms with Gasteiger partial charge in [0, 0.05) is 38.6 Å². The number of hydrogen-bond donors (Lipinski definition) is 1. The van der Waals surface area contributed by atoms with Crippen LogP contribution in [0.25, 0.3) is 0 Å². The zero-order chi connectivity index (χ0) is 21.0. The van der Waals surface area contributed by atoms with E-state index in [0.29, 0.717) is 44.6 Å². The highest BCUT2D eigenvalue weighted by molar-refractivity contribution is 5.96. The van der Waals surface area contributed by atoms with Gasteiger partial charge >= 0.3 is 0 Å². The summed E-state index contributed by atoms with van der Waals surface area (Å²) in [5.41, 5.74) is 0.662. The molecule has 2 heterocycles. The van der Waals surface area contributed by atoms with E-state index in [2.05, 4.69) is 5.32 Å². The molecule has 2 aliphatic rings. The molecule has 2 saturated heterocycles. The van der Waals surface area contributed by atoms with E-state index >= 15 is 0 Å². The van der Waals surface area contributed by atoms with Gasteiger partial charge in [-0.3, -0.25) is 14.4 Å². The summed E-state index contributed by atoms with van der Waals surface area (Å²) in [5.74, 6) is -0.983. The number of nitrogens with one attached hydrogen (secondary N) is 1. The molecule has 2 atom stereocenters. The molecule has 1 aromatic carbocycles. The Morgan fingerprint density at radius 2 is 2.00 bits per heavy atom. The van der Waals surface area contributed by atoms with Crippen LogP contribution in [0.15, 0.2) is 18.2 Å². The maximum absolute atomic E-state index is 14.1. The van der Waals surface area contributed by atoms with Crippen molar-refractivity contribution in [3.05, 3.63) is 35.1 Å². The summed E-state index contributed by atoms with van der Waals surface area (Å²) in [4.78, 5) is 41.2. The van der Waals surface area contributed by atoms with Crippen molar-refractivity contribution in [3.63, 3.8) is 0 Å². The first-order valence-electron chi connectivity index (χ1n) is 10.5. The third kappa shape index (κ3) is 4.95. The van der Waals surface area contributed by atoms with Crippen LogP contribution in [-0.4, -0.2) is 59.7 Å². The zero-order valence-electron chi connectivity index (χ0n) is 17.2. The number of carbonyl (C=O) groups excluding carboxylic acids is 3. The van der Waals surface area contributed by atoms with Gasteiger partial charge in [0.15, 0.2) is 0 Å². The van der Waals surface area contributed by atoms with Crippen molar-refractivity contribution >= 4 is 17.7 Å². The molecule has 7 heteroatoms. The summed E-state index contributed by atoms with van der Waals surface area (Å²) in [6.07, 6.45) is 3.52. The number of amides is 3. The van der Waals surface area contributed by atoms with Crippen molar-refractivity contribution in [2.45, 2.75) is 52.0 Å². The van der Waals surface area contributed by atoms with E-state index in [4.69, 9.17) is 0 Å². The average molecular weight is 403 g/mol. The summed E-state index contributed by atoms with van der Waals surface area (Å²) >= 11 is 0. The van der Waals surface area contributed by atoms with Gasteiger partial charge < -0.3 is 15.1 Å². The monoisotopic (exact) mass is 403 g/mol. The Morgan fingerprint density at radius 1 is 1.21 bits per heavy atom. The van der Waals surface area contributed by atoms with Crippen LogP contribution < -0.4 is 5.32 Å². The van der Waals surface area contributed by atoms with Crippen molar-refractivity contribution in [2.24, 2.45) is 5.92 Å². The zero-order valence-corrected chi connectivity index (χ0v) is 17.2. The van der Waals surface area contributed by atoms with Gasteiger partial charge in [0.2, 0.25) is 11.8 Å². The SMILES string of the molecule is CCN1CC(C(=O)N2CCCCC(NC(=O)c3c(C)cccc3F)C2)CCC1=O. The fraction of sp³-hybridized carbons (Fsp3) is 0.591. The molecule has 2 fully saturated rings. The second kappa shape index (κ2) is 9.37. The molecule has 2 unspecified atom stereocenters. The molecule has 1 N–H and O–H groups in total. The van der Waals surface area contributed by atoms with Crippen molar-refractivity contribution in [1.29, 1.82) is 0 Å². The lowest BCUT2D eigenvalue weighted by atomic mass is 9.95. The standard InChI is InChI=1S/C22H30FN3O3/c1-3-25-13-16(10-11-19(25)27)22(29)26-12-5-4-8-17(14-26)24-21(28)20-15(2)7-6-9-18(20)23/h6-7,9,16-17H,3-5,8,10-14H2,1-2H3,(H,24,28). The van der Waals surface area contributed by atoms with E-state index in [1.54, 1.807) is 24.0 Å². The number of hydrogen-bond acceptors (Lipinski definition) is 3. The minimum absolute atomic E-state index is 0.0548. The first-order chi connectivity index (χ1) is 13.9. The van der Waals surface area contributed by atoms with E-state index in [9.17, 15) is 18.8 Å². The average Bonchev–Trinajstić information content (AvgIpc) is 2.93. The molecule has 3 amide bonds. The van der Waals surface area contributed by atoms with Gasteiger partial charge in [0.25, 0.3) is 5.91 Å². The predicted octanol–water partition coefficient (Wildman–Crippen LogP) is 2.50. The molecule has 3 rings (SSSR count). The minimum atomic E-state index is -0.532. The lowest BCUT2D eigenvalue weighted by molar-refractivity contribution is -0.143. The molecule has 0 aromatic heterocycles. The van der Waals surface area contributed by atoms with Crippen LogP contribution >= 0.6 is 0 Å². The number of carbonyl (C=O) groups is 3. The summed E-state index contributed by atoms with van der Waals surface area (Å²) in [5, 5.41) is 2.93. The summed E-state index contributed by atoms with van der Waals surface area (Å²) in [6.45, 7) is 5.80. The van der Waals surface area contributed by atoms with Gasteiger partial charge in [0.05, 0.1) is 11.5 Å². The van der Waals surface area contributed by atoms with E-state index in [-0.39, 0.29) is 29.3 Å². The Balaban J connectivity index is 1.66. The van der Waals surface area contributed by atoms with Gasteiger partial charge in [-0.1, -0.05) is 12.1 Å². The second-order valence-electron chi connectivity index (χ2n) is 8.05. The number of nitrogens with zero attached hydrogens (tertiary/aromatic N) is 2. The molecular formula is C22H30FN3O3. The number of piperidine rings is 1. The summed E-state index contributed by atoms with van der Waals surface area (Å²) in [6, 6.07) is 4.38. The Hall–Kier alpha value is -2.44. The number of rotatable bonds is 4. The van der Waals surface area contributed by atoms with Crippen LogP contribution in [0.1, 0.15) is 54.9 Å². The third-order valence-electron chi connectivity index (χ3n) is 6.00. The van der Waals surface area contributed by atoms with Gasteiger partial charge in [-0.2, -0.15) is 0 Å². The normalized spacial score (nSPS) is 22.9. The first kappa shape index (κ1) is 21.3. The molecule has 1 aromatic rings. The molecule has 2 aliphatic heterocycles. The Kier molecular flexibility index (Phi) is 6.87. The Bertz CT molecular complexity index is 762. The van der Waals surface area contributed by atoms with Crippen LogP contribution in [0.5, 0.6) is 0 Å². The number of benzene rings is 1. The van der Waals surface area contributed by atoms with Crippen molar-refractivity contribution in [2.75, 3.05) is 26.2 Å². The largest absolute Gasteiger partial charge is 0.347 e. The van der Waals surface area contributed by atoms with Crippen molar-refractivity contribution in [3.8, 4) is 0 Å². The molecule has 6 nitrogen and oxygen atoms in total. The van der Waals surface area contributed by atoms with Crippen LogP contribution in [-0.2, 0) is 9.59 Å². The lowest BCUT2D eigenvalue weighted by Gasteiger charge is -2.35. The van der Waals surface area contributed by atoms with Gasteiger partial charge in [-0.25, -0.2) is 4.39 Å². The molecule has 158 valence electrons. The van der Waals surface area contributed by atoms with E-state index in [1.165, 1.54) is 6.07 Å². The molecule has 0 aliphatic carbocycles.